The van der Waals surface area contributed by atoms with Crippen LogP contribution < -0.4 is 15.4 Å². The predicted octanol–water partition coefficient (Wildman–Crippen LogP) is 1.25. The summed E-state index contributed by atoms with van der Waals surface area (Å²) in [6.45, 7) is 2.32. The monoisotopic (exact) mass is 239 g/mol. The van der Waals surface area contributed by atoms with Crippen molar-refractivity contribution >= 4 is 11.7 Å². The Hall–Kier alpha value is -1.82. The highest BCUT2D eigenvalue weighted by Gasteiger charge is 2.06. The van der Waals surface area contributed by atoms with Crippen molar-refractivity contribution < 1.29 is 14.3 Å². The minimum absolute atomic E-state index is 0.0498. The number of carbonyl (C=O) groups is 1. The van der Waals surface area contributed by atoms with E-state index in [2.05, 4.69) is 15.6 Å². The molecule has 0 fully saturated rings. The average molecular weight is 239 g/mol. The van der Waals surface area contributed by atoms with Gasteiger partial charge in [-0.2, -0.15) is 0 Å². The van der Waals surface area contributed by atoms with Gasteiger partial charge in [0.15, 0.2) is 0 Å². The second kappa shape index (κ2) is 6.70. The van der Waals surface area contributed by atoms with Crippen molar-refractivity contribution in [3.05, 3.63) is 18.3 Å². The summed E-state index contributed by atoms with van der Waals surface area (Å²) in [6, 6.07) is 3.05. The van der Waals surface area contributed by atoms with E-state index in [0.717, 1.165) is 0 Å². The molecule has 1 heterocycles. The van der Waals surface area contributed by atoms with Gasteiger partial charge >= 0.3 is 6.03 Å². The normalized spacial score (nSPS) is 11.7. The Morgan fingerprint density at radius 2 is 2.24 bits per heavy atom. The maximum atomic E-state index is 11.5. The van der Waals surface area contributed by atoms with Gasteiger partial charge in [0.05, 0.1) is 31.6 Å². The molecule has 2 N–H and O–H groups in total. The largest absolute Gasteiger partial charge is 0.481 e. The Morgan fingerprint density at radius 3 is 2.76 bits per heavy atom. The van der Waals surface area contributed by atoms with Crippen LogP contribution >= 0.6 is 0 Å². The van der Waals surface area contributed by atoms with E-state index < -0.39 is 0 Å². The summed E-state index contributed by atoms with van der Waals surface area (Å²) < 4.78 is 9.83. The van der Waals surface area contributed by atoms with Crippen molar-refractivity contribution in [2.75, 3.05) is 26.1 Å². The van der Waals surface area contributed by atoms with Crippen LogP contribution in [0.25, 0.3) is 0 Å². The van der Waals surface area contributed by atoms with Gasteiger partial charge in [0, 0.05) is 13.2 Å². The molecule has 1 aromatic rings. The molecule has 1 aromatic heterocycles. The van der Waals surface area contributed by atoms with Gasteiger partial charge in [-0.1, -0.05) is 0 Å². The zero-order chi connectivity index (χ0) is 12.7. The molecule has 0 aliphatic rings. The van der Waals surface area contributed by atoms with Crippen LogP contribution in [-0.4, -0.2) is 37.9 Å². The number of hydrogen-bond acceptors (Lipinski definition) is 4. The number of amides is 2. The predicted molar refractivity (Wildman–Crippen MR) is 64.3 cm³/mol. The highest BCUT2D eigenvalue weighted by Crippen LogP contribution is 2.10. The fourth-order valence-electron chi connectivity index (χ4n) is 1.26. The molecule has 94 valence electrons. The lowest BCUT2D eigenvalue weighted by Gasteiger charge is -2.13. The Kier molecular flexibility index (Phi) is 5.22. The van der Waals surface area contributed by atoms with E-state index in [1.54, 1.807) is 19.2 Å². The van der Waals surface area contributed by atoms with Crippen molar-refractivity contribution in [2.24, 2.45) is 0 Å². The van der Waals surface area contributed by atoms with E-state index in [1.807, 2.05) is 6.92 Å². The second-order valence-electron chi connectivity index (χ2n) is 3.54. The number of nitrogens with zero attached hydrogens (tertiary/aromatic N) is 1. The van der Waals surface area contributed by atoms with Crippen LogP contribution in [0, 0.1) is 0 Å². The molecule has 0 aliphatic heterocycles. The van der Waals surface area contributed by atoms with Crippen LogP contribution in [-0.2, 0) is 4.74 Å². The molecular formula is C11H17N3O3. The number of rotatable bonds is 5. The summed E-state index contributed by atoms with van der Waals surface area (Å²) in [5.74, 6) is 0.503. The molecule has 6 nitrogen and oxygen atoms in total. The van der Waals surface area contributed by atoms with Gasteiger partial charge in [0.25, 0.3) is 0 Å². The van der Waals surface area contributed by atoms with Gasteiger partial charge in [-0.3, -0.25) is 0 Å². The Morgan fingerprint density at radius 1 is 1.47 bits per heavy atom. The molecule has 0 spiro atoms. The first-order valence-corrected chi connectivity index (χ1v) is 5.22. The summed E-state index contributed by atoms with van der Waals surface area (Å²) in [6.07, 6.45) is 1.53. The first kappa shape index (κ1) is 13.2. The number of carbonyl (C=O) groups excluding carboxylic acids is 1. The number of pyridine rings is 1. The summed E-state index contributed by atoms with van der Waals surface area (Å²) in [4.78, 5) is 15.5. The standard InChI is InChI=1S/C11H17N3O3/c1-8(7-16-2)13-11(15)14-9-4-5-10(17-3)12-6-9/h4-6,8H,7H2,1-3H3,(H2,13,14,15)/t8-/m0/s1. The number of nitrogens with one attached hydrogen (secondary N) is 2. The lowest BCUT2D eigenvalue weighted by Crippen LogP contribution is -2.38. The molecule has 0 saturated heterocycles. The Bertz CT molecular complexity index is 353. The number of hydrogen-bond donors (Lipinski definition) is 2. The SMILES string of the molecule is COC[C@H](C)NC(=O)Nc1ccc(OC)nc1. The lowest BCUT2D eigenvalue weighted by molar-refractivity contribution is 0.173. The molecule has 2 amide bonds. The van der Waals surface area contributed by atoms with Crippen molar-refractivity contribution in [1.29, 1.82) is 0 Å². The van der Waals surface area contributed by atoms with E-state index in [4.69, 9.17) is 9.47 Å². The molecule has 0 saturated carbocycles. The van der Waals surface area contributed by atoms with Gasteiger partial charge in [-0.05, 0) is 13.0 Å². The van der Waals surface area contributed by atoms with Gasteiger partial charge in [0.2, 0.25) is 5.88 Å². The Balaban J connectivity index is 2.44. The number of ether oxygens (including phenoxy) is 2. The first-order valence-electron chi connectivity index (χ1n) is 5.22. The Labute approximate surface area is 100 Å². The highest BCUT2D eigenvalue weighted by molar-refractivity contribution is 5.89. The quantitative estimate of drug-likeness (QED) is 0.811. The maximum absolute atomic E-state index is 11.5. The first-order chi connectivity index (χ1) is 8.15. The summed E-state index contributed by atoms with van der Waals surface area (Å²) in [5, 5.41) is 5.38. The maximum Gasteiger partial charge on any atom is 0.319 e. The number of aromatic nitrogens is 1. The van der Waals surface area contributed by atoms with Crippen molar-refractivity contribution in [1.82, 2.24) is 10.3 Å². The molecule has 0 aliphatic carbocycles. The van der Waals surface area contributed by atoms with Crippen molar-refractivity contribution in [3.8, 4) is 5.88 Å². The molecular weight excluding hydrogens is 222 g/mol. The van der Waals surface area contributed by atoms with Crippen LogP contribution in [0.4, 0.5) is 10.5 Å². The molecule has 0 bridgehead atoms. The van der Waals surface area contributed by atoms with Gasteiger partial charge in [-0.25, -0.2) is 9.78 Å². The summed E-state index contributed by atoms with van der Waals surface area (Å²) in [7, 11) is 3.12. The van der Waals surface area contributed by atoms with Gasteiger partial charge in [-0.15, -0.1) is 0 Å². The zero-order valence-electron chi connectivity index (χ0n) is 10.2. The van der Waals surface area contributed by atoms with E-state index >= 15 is 0 Å². The fourth-order valence-corrected chi connectivity index (χ4v) is 1.26. The lowest BCUT2D eigenvalue weighted by atomic mass is 10.3. The van der Waals surface area contributed by atoms with Crippen LogP contribution in [0.1, 0.15) is 6.92 Å². The van der Waals surface area contributed by atoms with E-state index in [-0.39, 0.29) is 12.1 Å². The molecule has 1 atom stereocenters. The third kappa shape index (κ3) is 4.69. The molecule has 6 heteroatoms. The van der Waals surface area contributed by atoms with Gasteiger partial charge in [0.1, 0.15) is 0 Å². The average Bonchev–Trinajstić information content (AvgIpc) is 2.30. The van der Waals surface area contributed by atoms with E-state index in [1.165, 1.54) is 13.3 Å². The van der Waals surface area contributed by atoms with Crippen molar-refractivity contribution in [3.63, 3.8) is 0 Å². The number of methoxy groups -OCH3 is 2. The smallest absolute Gasteiger partial charge is 0.319 e. The topological polar surface area (TPSA) is 72.5 Å². The van der Waals surface area contributed by atoms with Crippen LogP contribution in [0.5, 0.6) is 5.88 Å². The number of urea groups is 1. The van der Waals surface area contributed by atoms with Crippen molar-refractivity contribution in [2.45, 2.75) is 13.0 Å². The molecule has 0 aromatic carbocycles. The van der Waals surface area contributed by atoms with E-state index in [0.29, 0.717) is 18.2 Å². The zero-order valence-corrected chi connectivity index (χ0v) is 10.2. The minimum Gasteiger partial charge on any atom is -0.481 e. The van der Waals surface area contributed by atoms with Crippen LogP contribution in [0.15, 0.2) is 18.3 Å². The minimum atomic E-state index is -0.290. The molecule has 0 unspecified atom stereocenters. The fraction of sp³-hybridized carbons (Fsp3) is 0.455. The molecule has 0 radical (unpaired) electrons. The molecule has 17 heavy (non-hydrogen) atoms. The third-order valence-electron chi connectivity index (χ3n) is 2.00. The number of anilines is 1. The second-order valence-corrected chi connectivity index (χ2v) is 3.54. The van der Waals surface area contributed by atoms with E-state index in [9.17, 15) is 4.79 Å². The highest BCUT2D eigenvalue weighted by atomic mass is 16.5. The summed E-state index contributed by atoms with van der Waals surface area (Å²) >= 11 is 0. The third-order valence-corrected chi connectivity index (χ3v) is 2.00. The molecule has 1 rings (SSSR count). The summed E-state index contributed by atoms with van der Waals surface area (Å²) in [5.41, 5.74) is 0.605. The van der Waals surface area contributed by atoms with Gasteiger partial charge < -0.3 is 20.1 Å². The van der Waals surface area contributed by atoms with Crippen LogP contribution in [0.2, 0.25) is 0 Å². The van der Waals surface area contributed by atoms with Crippen LogP contribution in [0.3, 0.4) is 0 Å².